The molecule has 1 fully saturated rings. The van der Waals surface area contributed by atoms with Gasteiger partial charge in [-0.1, -0.05) is 44.0 Å². The first-order valence-electron chi connectivity index (χ1n) is 7.55. The van der Waals surface area contributed by atoms with Crippen LogP contribution in [-0.4, -0.2) is 35.1 Å². The maximum atomic E-state index is 13.7. The molecule has 0 aliphatic carbocycles. The molecule has 1 aromatic carbocycles. The van der Waals surface area contributed by atoms with Gasteiger partial charge in [0.05, 0.1) is 10.0 Å². The molecule has 4 nitrogen and oxygen atoms in total. The lowest BCUT2D eigenvalue weighted by Crippen LogP contribution is -2.55. The van der Waals surface area contributed by atoms with Crippen LogP contribution in [0.5, 0.6) is 0 Å². The van der Waals surface area contributed by atoms with Crippen molar-refractivity contribution in [1.82, 2.24) is 4.90 Å². The summed E-state index contributed by atoms with van der Waals surface area (Å²) in [6.45, 7) is 5.95. The number of hydrogen-bond donors (Lipinski definition) is 0. The van der Waals surface area contributed by atoms with Gasteiger partial charge >= 0.3 is 12.1 Å². The largest absolute Gasteiger partial charge is 0.471 e. The van der Waals surface area contributed by atoms with Crippen LogP contribution in [0.15, 0.2) is 12.1 Å². The SMILES string of the molecule is C[C@@H]1C(=O)N(c2cc(Cl)c(F)c(Cl)c2)[C@H](C(C)(C)C)N1C(=O)C(F)(F)F. The minimum Gasteiger partial charge on any atom is -0.302 e. The molecule has 0 radical (unpaired) electrons. The Balaban J connectivity index is 2.65. The molecule has 2 atom stereocenters. The molecule has 0 unspecified atom stereocenters. The van der Waals surface area contributed by atoms with Crippen LogP contribution in [-0.2, 0) is 9.59 Å². The first-order chi connectivity index (χ1) is 11.7. The molecule has 2 rings (SSSR count). The topological polar surface area (TPSA) is 40.6 Å². The van der Waals surface area contributed by atoms with Crippen molar-refractivity contribution >= 4 is 40.7 Å². The fraction of sp³-hybridized carbons (Fsp3) is 0.500. The number of alkyl halides is 3. The molecule has 1 aromatic rings. The lowest BCUT2D eigenvalue weighted by atomic mass is 9.90. The van der Waals surface area contributed by atoms with Gasteiger partial charge in [-0.2, -0.15) is 13.2 Å². The third-order valence-electron chi connectivity index (χ3n) is 4.02. The van der Waals surface area contributed by atoms with E-state index in [0.717, 1.165) is 17.0 Å². The Morgan fingerprint density at radius 2 is 1.58 bits per heavy atom. The standard InChI is InChI=1S/C16H16Cl2F4N2O2/c1-7-12(25)24(8-5-9(17)11(19)10(18)6-8)13(15(2,3)4)23(7)14(26)16(20,21)22/h5-7,13H,1-4H3/t7-,13-/m1/s1. The number of hydrogen-bond acceptors (Lipinski definition) is 2. The van der Waals surface area contributed by atoms with Crippen LogP contribution in [0.25, 0.3) is 0 Å². The van der Waals surface area contributed by atoms with Gasteiger partial charge in [-0.05, 0) is 19.1 Å². The fourth-order valence-corrected chi connectivity index (χ4v) is 3.44. The third kappa shape index (κ3) is 3.49. The van der Waals surface area contributed by atoms with Crippen molar-refractivity contribution in [2.75, 3.05) is 4.90 Å². The molecule has 10 heteroatoms. The third-order valence-corrected chi connectivity index (χ3v) is 4.57. The van der Waals surface area contributed by atoms with Gasteiger partial charge in [0.15, 0.2) is 5.82 Å². The summed E-state index contributed by atoms with van der Waals surface area (Å²) in [6, 6.07) is 0.817. The predicted molar refractivity (Wildman–Crippen MR) is 89.5 cm³/mol. The van der Waals surface area contributed by atoms with Gasteiger partial charge < -0.3 is 4.90 Å². The fourth-order valence-electron chi connectivity index (χ4n) is 2.96. The average molecular weight is 415 g/mol. The second kappa shape index (κ2) is 6.56. The molecule has 0 N–H and O–H groups in total. The van der Waals surface area contributed by atoms with Crippen LogP contribution in [0.1, 0.15) is 27.7 Å². The van der Waals surface area contributed by atoms with Gasteiger partial charge in [-0.25, -0.2) is 4.39 Å². The van der Waals surface area contributed by atoms with Crippen LogP contribution in [0, 0.1) is 11.2 Å². The Kier molecular flexibility index (Phi) is 5.24. The quantitative estimate of drug-likeness (QED) is 0.496. The summed E-state index contributed by atoms with van der Waals surface area (Å²) in [5, 5.41) is -0.776. The van der Waals surface area contributed by atoms with E-state index in [1.165, 1.54) is 6.92 Å². The smallest absolute Gasteiger partial charge is 0.302 e. The zero-order valence-corrected chi connectivity index (χ0v) is 15.8. The minimum absolute atomic E-state index is 0.00986. The Morgan fingerprint density at radius 1 is 1.12 bits per heavy atom. The molecule has 0 saturated carbocycles. The van der Waals surface area contributed by atoms with Crippen LogP contribution in [0.2, 0.25) is 10.0 Å². The molecule has 1 aliphatic heterocycles. The van der Waals surface area contributed by atoms with Crippen LogP contribution >= 0.6 is 23.2 Å². The van der Waals surface area contributed by atoms with Crippen LogP contribution in [0.3, 0.4) is 0 Å². The molecule has 1 saturated heterocycles. The van der Waals surface area contributed by atoms with Crippen molar-refractivity contribution < 1.29 is 27.2 Å². The molecule has 1 heterocycles. The Hall–Kier alpha value is -1.54. The first kappa shape index (κ1) is 20.8. The van der Waals surface area contributed by atoms with Gasteiger partial charge in [0, 0.05) is 11.1 Å². The summed E-state index contributed by atoms with van der Waals surface area (Å²) < 4.78 is 52.9. The van der Waals surface area contributed by atoms with Gasteiger partial charge in [-0.15, -0.1) is 0 Å². The number of rotatable bonds is 1. The highest BCUT2D eigenvalue weighted by Gasteiger charge is 2.57. The number of carbonyl (C=O) groups excluding carboxylic acids is 2. The van der Waals surface area contributed by atoms with E-state index < -0.39 is 41.4 Å². The monoisotopic (exact) mass is 414 g/mol. The molecule has 26 heavy (non-hydrogen) atoms. The highest BCUT2D eigenvalue weighted by Crippen LogP contribution is 2.41. The summed E-state index contributed by atoms with van der Waals surface area (Å²) in [7, 11) is 0. The molecular formula is C16H16Cl2F4N2O2. The molecule has 0 spiro atoms. The van der Waals surface area contributed by atoms with E-state index in [9.17, 15) is 27.2 Å². The Labute approximate surface area is 157 Å². The van der Waals surface area contributed by atoms with Crippen molar-refractivity contribution in [3.63, 3.8) is 0 Å². The van der Waals surface area contributed by atoms with Gasteiger partial charge in [0.1, 0.15) is 12.2 Å². The van der Waals surface area contributed by atoms with E-state index in [1.807, 2.05) is 0 Å². The van der Waals surface area contributed by atoms with E-state index >= 15 is 0 Å². The molecule has 144 valence electrons. The molecule has 0 aromatic heterocycles. The van der Waals surface area contributed by atoms with E-state index in [4.69, 9.17) is 23.2 Å². The van der Waals surface area contributed by atoms with Gasteiger partial charge in [0.25, 0.3) is 5.91 Å². The van der Waals surface area contributed by atoms with Crippen LogP contribution in [0.4, 0.5) is 23.2 Å². The summed E-state index contributed by atoms with van der Waals surface area (Å²) >= 11 is 11.5. The zero-order chi connectivity index (χ0) is 20.2. The normalized spacial score (nSPS) is 21.5. The lowest BCUT2D eigenvalue weighted by molar-refractivity contribution is -0.190. The van der Waals surface area contributed by atoms with Gasteiger partial charge in [0.2, 0.25) is 0 Å². The number of nitrogens with zero attached hydrogens (tertiary/aromatic N) is 2. The summed E-state index contributed by atoms with van der Waals surface area (Å²) in [5.41, 5.74) is -0.940. The maximum absolute atomic E-state index is 13.7. The Bertz CT molecular complexity index is 739. The van der Waals surface area contributed by atoms with Gasteiger partial charge in [-0.3, -0.25) is 14.5 Å². The minimum atomic E-state index is -5.15. The van der Waals surface area contributed by atoms with E-state index in [1.54, 1.807) is 20.8 Å². The molecular weight excluding hydrogens is 399 g/mol. The molecule has 1 aliphatic rings. The predicted octanol–water partition coefficient (Wildman–Crippen LogP) is 4.63. The average Bonchev–Trinajstić information content (AvgIpc) is 2.75. The highest BCUT2D eigenvalue weighted by molar-refractivity contribution is 6.35. The summed E-state index contributed by atoms with van der Waals surface area (Å²) in [5.74, 6) is -3.78. The number of halogens is 6. The Morgan fingerprint density at radius 3 is 1.96 bits per heavy atom. The lowest BCUT2D eigenvalue weighted by Gasteiger charge is -2.40. The maximum Gasteiger partial charge on any atom is 0.471 e. The zero-order valence-electron chi connectivity index (χ0n) is 14.3. The second-order valence-corrected chi connectivity index (χ2v) is 7.87. The van der Waals surface area contributed by atoms with E-state index in [2.05, 4.69) is 0 Å². The second-order valence-electron chi connectivity index (χ2n) is 7.06. The van der Waals surface area contributed by atoms with Crippen molar-refractivity contribution in [3.05, 3.63) is 28.0 Å². The van der Waals surface area contributed by atoms with Crippen LogP contribution < -0.4 is 4.90 Å². The van der Waals surface area contributed by atoms with E-state index in [0.29, 0.717) is 4.90 Å². The molecule has 2 amide bonds. The number of carbonyl (C=O) groups is 2. The van der Waals surface area contributed by atoms with E-state index in [-0.39, 0.29) is 15.7 Å². The molecule has 0 bridgehead atoms. The number of anilines is 1. The van der Waals surface area contributed by atoms with Crippen molar-refractivity contribution in [2.24, 2.45) is 5.41 Å². The van der Waals surface area contributed by atoms with Crippen molar-refractivity contribution in [3.8, 4) is 0 Å². The summed E-state index contributed by atoms with van der Waals surface area (Å²) in [6.07, 6.45) is -6.41. The number of amides is 2. The van der Waals surface area contributed by atoms with Crippen molar-refractivity contribution in [2.45, 2.75) is 46.1 Å². The number of benzene rings is 1. The van der Waals surface area contributed by atoms with Crippen molar-refractivity contribution in [1.29, 1.82) is 0 Å². The highest BCUT2D eigenvalue weighted by atomic mass is 35.5. The first-order valence-corrected chi connectivity index (χ1v) is 8.30. The summed E-state index contributed by atoms with van der Waals surface area (Å²) in [4.78, 5) is 26.2.